The molecule has 26 heavy (non-hydrogen) atoms. The Bertz CT molecular complexity index is 867. The molecule has 140 valence electrons. The lowest BCUT2D eigenvalue weighted by atomic mass is 10.1. The van der Waals surface area contributed by atoms with Crippen molar-refractivity contribution in [1.29, 1.82) is 0 Å². The number of rotatable bonds is 8. The van der Waals surface area contributed by atoms with Gasteiger partial charge in [-0.25, -0.2) is 18.4 Å². The lowest BCUT2D eigenvalue weighted by Gasteiger charge is -2.17. The second-order valence-corrected chi connectivity index (χ2v) is 6.99. The zero-order valence-electron chi connectivity index (χ0n) is 14.7. The number of benzene rings is 2. The SMILES string of the molecule is CCCNc1cc(C(=O)OCC)cc(S(N)(=O)=O)c1Oc1ccccc1. The van der Waals surface area contributed by atoms with E-state index in [2.05, 4.69) is 5.32 Å². The van der Waals surface area contributed by atoms with Crippen LogP contribution >= 0.6 is 0 Å². The summed E-state index contributed by atoms with van der Waals surface area (Å²) >= 11 is 0. The van der Waals surface area contributed by atoms with Crippen LogP contribution in [-0.4, -0.2) is 27.5 Å². The Morgan fingerprint density at radius 1 is 1.15 bits per heavy atom. The van der Waals surface area contributed by atoms with E-state index in [9.17, 15) is 13.2 Å². The van der Waals surface area contributed by atoms with Crippen LogP contribution in [0.1, 0.15) is 30.6 Å². The monoisotopic (exact) mass is 378 g/mol. The Morgan fingerprint density at radius 3 is 2.42 bits per heavy atom. The summed E-state index contributed by atoms with van der Waals surface area (Å²) in [5.41, 5.74) is 0.431. The zero-order valence-corrected chi connectivity index (χ0v) is 15.5. The van der Waals surface area contributed by atoms with Crippen LogP contribution in [0.3, 0.4) is 0 Å². The lowest BCUT2D eigenvalue weighted by molar-refractivity contribution is 0.0526. The molecule has 2 aromatic rings. The highest BCUT2D eigenvalue weighted by atomic mass is 32.2. The van der Waals surface area contributed by atoms with Crippen molar-refractivity contribution in [3.63, 3.8) is 0 Å². The van der Waals surface area contributed by atoms with Gasteiger partial charge in [-0.05, 0) is 37.6 Å². The number of esters is 1. The molecule has 3 N–H and O–H groups in total. The largest absolute Gasteiger partial charge is 0.462 e. The molecule has 0 aromatic heterocycles. The summed E-state index contributed by atoms with van der Waals surface area (Å²) in [6.45, 7) is 4.35. The second-order valence-electron chi connectivity index (χ2n) is 5.46. The Morgan fingerprint density at radius 2 is 1.85 bits per heavy atom. The minimum atomic E-state index is -4.14. The van der Waals surface area contributed by atoms with E-state index in [1.54, 1.807) is 31.2 Å². The minimum Gasteiger partial charge on any atom is -0.462 e. The minimum absolute atomic E-state index is 0.0419. The molecular formula is C18H22N2O5S. The van der Waals surface area contributed by atoms with Gasteiger partial charge in [-0.3, -0.25) is 0 Å². The van der Waals surface area contributed by atoms with E-state index < -0.39 is 16.0 Å². The van der Waals surface area contributed by atoms with Crippen molar-refractivity contribution in [2.75, 3.05) is 18.5 Å². The molecule has 8 heteroatoms. The summed E-state index contributed by atoms with van der Waals surface area (Å²) in [7, 11) is -4.14. The summed E-state index contributed by atoms with van der Waals surface area (Å²) in [5, 5.41) is 8.44. The van der Waals surface area contributed by atoms with E-state index in [0.29, 0.717) is 18.0 Å². The van der Waals surface area contributed by atoms with Gasteiger partial charge in [-0.15, -0.1) is 0 Å². The molecule has 0 fully saturated rings. The quantitative estimate of drug-likeness (QED) is 0.683. The van der Waals surface area contributed by atoms with Gasteiger partial charge < -0.3 is 14.8 Å². The van der Waals surface area contributed by atoms with E-state index >= 15 is 0 Å². The molecule has 0 aliphatic carbocycles. The van der Waals surface area contributed by atoms with Crippen molar-refractivity contribution in [2.45, 2.75) is 25.2 Å². The molecule has 7 nitrogen and oxygen atoms in total. The maximum Gasteiger partial charge on any atom is 0.338 e. The zero-order chi connectivity index (χ0) is 19.2. The average Bonchev–Trinajstić information content (AvgIpc) is 2.60. The predicted molar refractivity (Wildman–Crippen MR) is 99.1 cm³/mol. The first-order valence-electron chi connectivity index (χ1n) is 8.21. The fourth-order valence-corrected chi connectivity index (χ4v) is 2.95. The molecule has 0 radical (unpaired) electrons. The van der Waals surface area contributed by atoms with E-state index in [1.165, 1.54) is 12.1 Å². The number of ether oxygens (including phenoxy) is 2. The molecule has 2 aromatic carbocycles. The lowest BCUT2D eigenvalue weighted by Crippen LogP contribution is -2.16. The van der Waals surface area contributed by atoms with E-state index in [0.717, 1.165) is 6.42 Å². The summed E-state index contributed by atoms with van der Waals surface area (Å²) in [6, 6.07) is 11.4. The van der Waals surface area contributed by atoms with Gasteiger partial charge in [0.2, 0.25) is 10.0 Å². The van der Waals surface area contributed by atoms with Crippen LogP contribution in [0.2, 0.25) is 0 Å². The first-order chi connectivity index (χ1) is 12.4. The fraction of sp³-hybridized carbons (Fsp3) is 0.278. The molecule has 0 saturated carbocycles. The molecule has 0 saturated heterocycles. The van der Waals surface area contributed by atoms with Crippen molar-refractivity contribution < 1.29 is 22.7 Å². The van der Waals surface area contributed by atoms with Gasteiger partial charge in [0, 0.05) is 6.54 Å². The molecule has 0 spiro atoms. The number of para-hydroxylation sites is 1. The highest BCUT2D eigenvalue weighted by Crippen LogP contribution is 2.37. The van der Waals surface area contributed by atoms with Crippen molar-refractivity contribution in [2.24, 2.45) is 5.14 Å². The summed E-state index contributed by atoms with van der Waals surface area (Å²) in [4.78, 5) is 11.8. The summed E-state index contributed by atoms with van der Waals surface area (Å²) in [6.07, 6.45) is 0.791. The number of hydrogen-bond acceptors (Lipinski definition) is 6. The average molecular weight is 378 g/mol. The maximum absolute atomic E-state index is 12.1. The number of carbonyl (C=O) groups excluding carboxylic acids is 1. The van der Waals surface area contributed by atoms with Crippen molar-refractivity contribution in [1.82, 2.24) is 0 Å². The highest BCUT2D eigenvalue weighted by molar-refractivity contribution is 7.89. The molecular weight excluding hydrogens is 356 g/mol. The third-order valence-corrected chi connectivity index (χ3v) is 4.32. The molecule has 2 rings (SSSR count). The predicted octanol–water partition coefficient (Wildman–Crippen LogP) is 3.12. The Hall–Kier alpha value is -2.58. The normalized spacial score (nSPS) is 11.0. The van der Waals surface area contributed by atoms with Crippen LogP contribution in [0.5, 0.6) is 11.5 Å². The van der Waals surface area contributed by atoms with Gasteiger partial charge in [0.25, 0.3) is 0 Å². The Labute approximate surface area is 153 Å². The highest BCUT2D eigenvalue weighted by Gasteiger charge is 2.24. The van der Waals surface area contributed by atoms with Crippen LogP contribution in [0.15, 0.2) is 47.4 Å². The molecule has 0 unspecified atom stereocenters. The first kappa shape index (κ1) is 19.7. The summed E-state index contributed by atoms with van der Waals surface area (Å²) < 4.78 is 35.0. The Kier molecular flexibility index (Phi) is 6.59. The molecule has 0 bridgehead atoms. The molecule has 0 aliphatic rings. The van der Waals surface area contributed by atoms with Gasteiger partial charge in [0.15, 0.2) is 5.75 Å². The van der Waals surface area contributed by atoms with Crippen LogP contribution in [0, 0.1) is 0 Å². The summed E-state index contributed by atoms with van der Waals surface area (Å²) in [5.74, 6) is -0.149. The van der Waals surface area contributed by atoms with E-state index in [1.807, 2.05) is 13.0 Å². The number of nitrogens with two attached hydrogens (primary N) is 1. The van der Waals surface area contributed by atoms with Crippen LogP contribution < -0.4 is 15.2 Å². The molecule has 0 atom stereocenters. The van der Waals surface area contributed by atoms with Gasteiger partial charge in [0.05, 0.1) is 17.9 Å². The van der Waals surface area contributed by atoms with Crippen LogP contribution in [-0.2, 0) is 14.8 Å². The number of anilines is 1. The van der Waals surface area contributed by atoms with Crippen molar-refractivity contribution in [3.05, 3.63) is 48.0 Å². The number of primary sulfonamides is 1. The molecule has 0 heterocycles. The first-order valence-corrected chi connectivity index (χ1v) is 9.76. The third-order valence-electron chi connectivity index (χ3n) is 3.40. The standard InChI is InChI=1S/C18H22N2O5S/c1-3-10-20-15-11-13(18(21)24-4-2)12-16(26(19,22)23)17(15)25-14-8-6-5-7-9-14/h5-9,11-12,20H,3-4,10H2,1-2H3,(H2,19,22,23). The molecule has 0 aliphatic heterocycles. The third kappa shape index (κ3) is 4.96. The van der Waals surface area contributed by atoms with Crippen molar-refractivity contribution in [3.8, 4) is 11.5 Å². The van der Waals surface area contributed by atoms with Gasteiger partial charge in [-0.1, -0.05) is 25.1 Å². The second kappa shape index (κ2) is 8.68. The van der Waals surface area contributed by atoms with Crippen LogP contribution in [0.4, 0.5) is 5.69 Å². The number of nitrogens with one attached hydrogen (secondary N) is 1. The van der Waals surface area contributed by atoms with Gasteiger partial charge >= 0.3 is 5.97 Å². The van der Waals surface area contributed by atoms with Crippen LogP contribution in [0.25, 0.3) is 0 Å². The fourth-order valence-electron chi connectivity index (χ4n) is 2.25. The van der Waals surface area contributed by atoms with E-state index in [4.69, 9.17) is 14.6 Å². The topological polar surface area (TPSA) is 108 Å². The van der Waals surface area contributed by atoms with Gasteiger partial charge in [-0.2, -0.15) is 0 Å². The van der Waals surface area contributed by atoms with E-state index in [-0.39, 0.29) is 22.8 Å². The number of hydrogen-bond donors (Lipinski definition) is 2. The van der Waals surface area contributed by atoms with Gasteiger partial charge in [0.1, 0.15) is 10.6 Å². The Balaban J connectivity index is 2.62. The van der Waals surface area contributed by atoms with Crippen molar-refractivity contribution >= 4 is 21.7 Å². The number of carbonyl (C=O) groups is 1. The maximum atomic E-state index is 12.1. The molecule has 0 amide bonds. The number of sulfonamides is 1. The smallest absolute Gasteiger partial charge is 0.338 e.